The predicted octanol–water partition coefficient (Wildman–Crippen LogP) is 10.9. The van der Waals surface area contributed by atoms with Crippen LogP contribution in [-0.4, -0.2) is 0 Å². The smallest absolute Gasteiger partial charge is 0.138 e. The van der Waals surface area contributed by atoms with E-state index in [0.29, 0.717) is 69.6 Å². The van der Waals surface area contributed by atoms with E-state index in [4.69, 9.17) is 34.8 Å². The molecular weight excluding hydrogens is 524 g/mol. The molecule has 0 bridgehead atoms. The molecule has 0 radical (unpaired) electrons. The molecule has 0 saturated carbocycles. The average Bonchev–Trinajstić information content (AvgIpc) is 2.86. The monoisotopic (exact) mass is 536 g/mol. The summed E-state index contributed by atoms with van der Waals surface area (Å²) in [5.74, 6) is -1.33. The summed E-state index contributed by atoms with van der Waals surface area (Å²) in [6.45, 7) is 0. The third-order valence-corrected chi connectivity index (χ3v) is 7.44. The van der Waals surface area contributed by atoms with Crippen LogP contribution in [0.4, 0.5) is 13.2 Å². The summed E-state index contributed by atoms with van der Waals surface area (Å²) in [4.78, 5) is 0. The zero-order chi connectivity index (χ0) is 25.1. The van der Waals surface area contributed by atoms with E-state index in [1.165, 1.54) is 18.2 Å². The van der Waals surface area contributed by atoms with Gasteiger partial charge in [0.15, 0.2) is 0 Å². The largest absolute Gasteiger partial charge is 0.206 e. The zero-order valence-electron chi connectivity index (χ0n) is 18.4. The SMILES string of the molecule is Fc1cc(-c2ccc3c(F)c(-c4ccc5c(Cl)ccc(F)c5c4)ccc3c2Cl)cc2cc(Cl)ccc12. The zero-order valence-corrected chi connectivity index (χ0v) is 20.6. The van der Waals surface area contributed by atoms with Crippen molar-refractivity contribution in [1.82, 2.24) is 0 Å². The Hall–Kier alpha value is -3.24. The third kappa shape index (κ3) is 3.70. The Morgan fingerprint density at radius 2 is 1.19 bits per heavy atom. The molecule has 176 valence electrons. The van der Waals surface area contributed by atoms with Gasteiger partial charge in [0.1, 0.15) is 17.5 Å². The molecule has 0 amide bonds. The fourth-order valence-corrected chi connectivity index (χ4v) is 5.42. The molecular formula is C30H14Cl3F3. The van der Waals surface area contributed by atoms with E-state index < -0.39 is 17.5 Å². The molecule has 0 aliphatic heterocycles. The second kappa shape index (κ2) is 8.70. The lowest BCUT2D eigenvalue weighted by Gasteiger charge is -2.13. The quantitative estimate of drug-likeness (QED) is 0.206. The Morgan fingerprint density at radius 1 is 0.472 bits per heavy atom. The van der Waals surface area contributed by atoms with Crippen LogP contribution in [0.5, 0.6) is 0 Å². The maximum atomic E-state index is 15.7. The summed E-state index contributed by atoms with van der Waals surface area (Å²) >= 11 is 19.0. The van der Waals surface area contributed by atoms with E-state index in [1.54, 1.807) is 66.7 Å². The van der Waals surface area contributed by atoms with Crippen molar-refractivity contribution >= 4 is 67.1 Å². The van der Waals surface area contributed by atoms with Gasteiger partial charge in [-0.15, -0.1) is 0 Å². The van der Waals surface area contributed by atoms with Crippen molar-refractivity contribution in [3.8, 4) is 22.3 Å². The summed E-state index contributed by atoms with van der Waals surface area (Å²) in [6, 6.07) is 22.5. The van der Waals surface area contributed by atoms with Gasteiger partial charge in [-0.3, -0.25) is 0 Å². The minimum atomic E-state index is -0.487. The van der Waals surface area contributed by atoms with Crippen molar-refractivity contribution in [3.05, 3.63) is 117 Å². The van der Waals surface area contributed by atoms with Gasteiger partial charge in [-0.2, -0.15) is 0 Å². The Morgan fingerprint density at radius 3 is 2.03 bits per heavy atom. The lowest BCUT2D eigenvalue weighted by molar-refractivity contribution is 0.639. The first kappa shape index (κ1) is 23.2. The lowest BCUT2D eigenvalue weighted by Crippen LogP contribution is -1.91. The van der Waals surface area contributed by atoms with E-state index in [1.807, 2.05) is 0 Å². The topological polar surface area (TPSA) is 0 Å². The molecule has 0 aliphatic carbocycles. The van der Waals surface area contributed by atoms with Crippen LogP contribution < -0.4 is 0 Å². The van der Waals surface area contributed by atoms with E-state index in [0.717, 1.165) is 0 Å². The van der Waals surface area contributed by atoms with Gasteiger partial charge in [0.05, 0.1) is 5.02 Å². The van der Waals surface area contributed by atoms with Gasteiger partial charge in [-0.05, 0) is 65.0 Å². The van der Waals surface area contributed by atoms with Crippen molar-refractivity contribution in [2.24, 2.45) is 0 Å². The van der Waals surface area contributed by atoms with Crippen LogP contribution in [0.2, 0.25) is 15.1 Å². The predicted molar refractivity (Wildman–Crippen MR) is 145 cm³/mol. The summed E-state index contributed by atoms with van der Waals surface area (Å²) in [5.41, 5.74) is 1.94. The van der Waals surface area contributed by atoms with Gasteiger partial charge < -0.3 is 0 Å². The minimum Gasteiger partial charge on any atom is -0.206 e. The number of hydrogen-bond donors (Lipinski definition) is 0. The molecule has 0 fully saturated rings. The van der Waals surface area contributed by atoms with Gasteiger partial charge in [0.2, 0.25) is 0 Å². The molecule has 0 saturated heterocycles. The lowest BCUT2D eigenvalue weighted by atomic mass is 9.94. The third-order valence-electron chi connectivity index (χ3n) is 6.47. The van der Waals surface area contributed by atoms with Crippen LogP contribution in [0, 0.1) is 17.5 Å². The van der Waals surface area contributed by atoms with Crippen molar-refractivity contribution in [3.63, 3.8) is 0 Å². The first-order valence-electron chi connectivity index (χ1n) is 11.0. The fourth-order valence-electron chi connectivity index (χ4n) is 4.67. The molecule has 0 nitrogen and oxygen atoms in total. The molecule has 0 atom stereocenters. The van der Waals surface area contributed by atoms with Gasteiger partial charge in [0, 0.05) is 48.1 Å². The second-order valence-corrected chi connectivity index (χ2v) is 9.78. The molecule has 0 heterocycles. The van der Waals surface area contributed by atoms with Crippen LogP contribution in [0.15, 0.2) is 84.9 Å². The van der Waals surface area contributed by atoms with Crippen LogP contribution in [0.3, 0.4) is 0 Å². The minimum absolute atomic E-state index is 0.301. The van der Waals surface area contributed by atoms with Gasteiger partial charge in [-0.1, -0.05) is 71.2 Å². The molecule has 0 unspecified atom stereocenters. The van der Waals surface area contributed by atoms with Gasteiger partial charge in [0.25, 0.3) is 0 Å². The normalized spacial score (nSPS) is 11.6. The Balaban J connectivity index is 1.50. The molecule has 0 aliphatic rings. The van der Waals surface area contributed by atoms with Crippen molar-refractivity contribution in [1.29, 1.82) is 0 Å². The molecule has 36 heavy (non-hydrogen) atoms. The molecule has 6 aromatic carbocycles. The van der Waals surface area contributed by atoms with Gasteiger partial charge >= 0.3 is 0 Å². The number of rotatable bonds is 2. The van der Waals surface area contributed by atoms with E-state index in [2.05, 4.69) is 0 Å². The number of hydrogen-bond acceptors (Lipinski definition) is 0. The summed E-state index contributed by atoms with van der Waals surface area (Å²) in [7, 11) is 0. The van der Waals surface area contributed by atoms with Crippen LogP contribution >= 0.6 is 34.8 Å². The van der Waals surface area contributed by atoms with Crippen molar-refractivity contribution < 1.29 is 13.2 Å². The van der Waals surface area contributed by atoms with Crippen LogP contribution in [0.1, 0.15) is 0 Å². The molecule has 0 aromatic heterocycles. The molecule has 0 spiro atoms. The van der Waals surface area contributed by atoms with Crippen LogP contribution in [0.25, 0.3) is 54.6 Å². The highest BCUT2D eigenvalue weighted by atomic mass is 35.5. The van der Waals surface area contributed by atoms with E-state index >= 15 is 4.39 Å². The summed E-state index contributed by atoms with van der Waals surface area (Å²) in [5, 5.41) is 3.95. The number of fused-ring (bicyclic) bond motifs is 3. The maximum Gasteiger partial charge on any atom is 0.138 e. The van der Waals surface area contributed by atoms with Gasteiger partial charge in [-0.25, -0.2) is 13.2 Å². The first-order valence-corrected chi connectivity index (χ1v) is 12.1. The second-order valence-electron chi connectivity index (χ2n) is 8.56. The fraction of sp³-hybridized carbons (Fsp3) is 0. The highest BCUT2D eigenvalue weighted by Gasteiger charge is 2.17. The van der Waals surface area contributed by atoms with Crippen molar-refractivity contribution in [2.45, 2.75) is 0 Å². The van der Waals surface area contributed by atoms with Crippen molar-refractivity contribution in [2.75, 3.05) is 0 Å². The molecule has 6 rings (SSSR count). The standard InChI is InChI=1S/C30H14Cl3F3/c31-18-2-4-19-16(12-18)11-17(14-28(19)35)20-5-8-24-23(29(20)33)7-6-21(30(24)36)15-1-3-22-25(13-15)27(34)10-9-26(22)32/h1-14H. The highest BCUT2D eigenvalue weighted by Crippen LogP contribution is 2.40. The van der Waals surface area contributed by atoms with E-state index in [-0.39, 0.29) is 0 Å². The van der Waals surface area contributed by atoms with Crippen LogP contribution in [-0.2, 0) is 0 Å². The number of halogens is 6. The summed E-state index contributed by atoms with van der Waals surface area (Å²) < 4.78 is 44.9. The Kier molecular flexibility index (Phi) is 5.60. The average molecular weight is 538 g/mol. The Bertz CT molecular complexity index is 1860. The molecule has 6 aromatic rings. The highest BCUT2D eigenvalue weighted by molar-refractivity contribution is 6.38. The maximum absolute atomic E-state index is 15.7. The Labute approximate surface area is 219 Å². The first-order chi connectivity index (χ1) is 17.3. The van der Waals surface area contributed by atoms with E-state index in [9.17, 15) is 8.78 Å². The molecule has 6 heteroatoms. The molecule has 0 N–H and O–H groups in total. The summed E-state index contributed by atoms with van der Waals surface area (Å²) in [6.07, 6.45) is 0. The number of benzene rings is 6.